The first kappa shape index (κ1) is 21.8. The number of hydrogen-bond donors (Lipinski definition) is 2. The van der Waals surface area contributed by atoms with Gasteiger partial charge in [-0.1, -0.05) is 42.5 Å². The number of thiocarbonyl (C=S) groups is 1. The SMILES string of the molecule is CCn1ncc(Cn2cc(NC(=S)Nc3ccn(Cc4cccc5ccccc45)n3)cn2)c1C. The number of aromatic nitrogens is 6. The first-order chi connectivity index (χ1) is 16.6. The second-order valence-corrected chi connectivity index (χ2v) is 8.52. The molecule has 172 valence electrons. The highest BCUT2D eigenvalue weighted by molar-refractivity contribution is 7.80. The van der Waals surface area contributed by atoms with Crippen molar-refractivity contribution in [1.29, 1.82) is 0 Å². The van der Waals surface area contributed by atoms with E-state index in [1.54, 1.807) is 6.20 Å². The highest BCUT2D eigenvalue weighted by Crippen LogP contribution is 2.20. The Bertz CT molecular complexity index is 1440. The summed E-state index contributed by atoms with van der Waals surface area (Å²) in [5.74, 6) is 0.688. The fraction of sp³-hybridized carbons (Fsp3) is 0.200. The molecule has 0 saturated heterocycles. The van der Waals surface area contributed by atoms with Crippen molar-refractivity contribution >= 4 is 39.6 Å². The molecule has 0 saturated carbocycles. The third kappa shape index (κ3) is 4.69. The number of benzene rings is 2. The van der Waals surface area contributed by atoms with Gasteiger partial charge in [-0.05, 0) is 42.4 Å². The van der Waals surface area contributed by atoms with Crippen molar-refractivity contribution in [3.05, 3.63) is 90.1 Å². The smallest absolute Gasteiger partial charge is 0.176 e. The van der Waals surface area contributed by atoms with E-state index in [1.807, 2.05) is 38.7 Å². The molecule has 0 aliphatic rings. The number of aryl methyl sites for hydroxylation is 1. The van der Waals surface area contributed by atoms with Gasteiger partial charge in [0.05, 0.1) is 31.2 Å². The van der Waals surface area contributed by atoms with Gasteiger partial charge in [-0.15, -0.1) is 0 Å². The van der Waals surface area contributed by atoms with Crippen molar-refractivity contribution in [3.8, 4) is 0 Å². The molecule has 0 spiro atoms. The van der Waals surface area contributed by atoms with Gasteiger partial charge in [0.2, 0.25) is 0 Å². The third-order valence-corrected chi connectivity index (χ3v) is 6.03. The second-order valence-electron chi connectivity index (χ2n) is 8.11. The fourth-order valence-corrected chi connectivity index (χ4v) is 4.27. The van der Waals surface area contributed by atoms with Crippen LogP contribution in [0.5, 0.6) is 0 Å². The minimum Gasteiger partial charge on any atom is -0.330 e. The maximum Gasteiger partial charge on any atom is 0.176 e. The molecular formula is C25H26N8S. The normalized spacial score (nSPS) is 11.1. The zero-order valence-electron chi connectivity index (χ0n) is 19.1. The molecule has 0 aliphatic carbocycles. The van der Waals surface area contributed by atoms with Crippen LogP contribution < -0.4 is 10.6 Å². The summed E-state index contributed by atoms with van der Waals surface area (Å²) in [6.07, 6.45) is 7.53. The van der Waals surface area contributed by atoms with Gasteiger partial charge in [-0.25, -0.2) is 0 Å². The van der Waals surface area contributed by atoms with E-state index in [0.717, 1.165) is 23.5 Å². The van der Waals surface area contributed by atoms with Crippen LogP contribution in [0.1, 0.15) is 23.7 Å². The highest BCUT2D eigenvalue weighted by Gasteiger charge is 2.09. The molecule has 3 heterocycles. The van der Waals surface area contributed by atoms with Crippen molar-refractivity contribution in [2.24, 2.45) is 0 Å². The molecule has 5 rings (SSSR count). The molecule has 2 N–H and O–H groups in total. The topological polar surface area (TPSA) is 77.5 Å². The number of anilines is 2. The number of nitrogens with zero attached hydrogens (tertiary/aromatic N) is 6. The van der Waals surface area contributed by atoms with E-state index in [9.17, 15) is 0 Å². The lowest BCUT2D eigenvalue weighted by Gasteiger charge is -2.08. The van der Waals surface area contributed by atoms with Crippen LogP contribution in [0, 0.1) is 6.92 Å². The number of rotatable bonds is 7. The Hall–Kier alpha value is -3.98. The van der Waals surface area contributed by atoms with Crippen LogP contribution in [0.2, 0.25) is 0 Å². The quantitative estimate of drug-likeness (QED) is 0.337. The van der Waals surface area contributed by atoms with E-state index in [0.29, 0.717) is 24.0 Å². The lowest BCUT2D eigenvalue weighted by molar-refractivity contribution is 0.633. The van der Waals surface area contributed by atoms with E-state index in [-0.39, 0.29) is 0 Å². The van der Waals surface area contributed by atoms with Crippen LogP contribution in [0.15, 0.2) is 73.3 Å². The average molecular weight is 471 g/mol. The Morgan fingerprint density at radius 2 is 1.74 bits per heavy atom. The first-order valence-electron chi connectivity index (χ1n) is 11.2. The number of nitrogens with one attached hydrogen (secondary N) is 2. The lowest BCUT2D eigenvalue weighted by atomic mass is 10.0. The monoisotopic (exact) mass is 470 g/mol. The van der Waals surface area contributed by atoms with Crippen LogP contribution in [-0.4, -0.2) is 34.5 Å². The van der Waals surface area contributed by atoms with E-state index in [2.05, 4.69) is 82.2 Å². The Balaban J connectivity index is 1.19. The molecule has 34 heavy (non-hydrogen) atoms. The van der Waals surface area contributed by atoms with Gasteiger partial charge >= 0.3 is 0 Å². The maximum absolute atomic E-state index is 5.48. The lowest BCUT2D eigenvalue weighted by Crippen LogP contribution is -2.19. The molecule has 0 bridgehead atoms. The van der Waals surface area contributed by atoms with Gasteiger partial charge in [0.25, 0.3) is 0 Å². The summed E-state index contributed by atoms with van der Waals surface area (Å²) in [7, 11) is 0. The molecule has 0 aliphatic heterocycles. The number of fused-ring (bicyclic) bond motifs is 1. The van der Waals surface area contributed by atoms with Gasteiger partial charge in [-0.3, -0.25) is 14.0 Å². The summed E-state index contributed by atoms with van der Waals surface area (Å²) in [6.45, 7) is 6.36. The van der Waals surface area contributed by atoms with Crippen molar-refractivity contribution < 1.29 is 0 Å². The molecule has 5 aromatic rings. The van der Waals surface area contributed by atoms with Crippen molar-refractivity contribution in [3.63, 3.8) is 0 Å². The minimum absolute atomic E-state index is 0.463. The van der Waals surface area contributed by atoms with Gasteiger partial charge in [0.15, 0.2) is 10.9 Å². The third-order valence-electron chi connectivity index (χ3n) is 5.82. The van der Waals surface area contributed by atoms with E-state index in [1.165, 1.54) is 16.3 Å². The Kier molecular flexibility index (Phi) is 6.09. The zero-order chi connectivity index (χ0) is 23.5. The minimum atomic E-state index is 0.463. The molecule has 9 heteroatoms. The van der Waals surface area contributed by atoms with Crippen molar-refractivity contribution in [2.45, 2.75) is 33.5 Å². The molecule has 0 fully saturated rings. The zero-order valence-corrected chi connectivity index (χ0v) is 20.0. The van der Waals surface area contributed by atoms with Crippen LogP contribution in [0.3, 0.4) is 0 Å². The van der Waals surface area contributed by atoms with E-state index >= 15 is 0 Å². The fourth-order valence-electron chi connectivity index (χ4n) is 4.05. The van der Waals surface area contributed by atoms with Gasteiger partial charge in [-0.2, -0.15) is 15.3 Å². The summed E-state index contributed by atoms with van der Waals surface area (Å²) < 4.78 is 5.76. The summed E-state index contributed by atoms with van der Waals surface area (Å²) in [5.41, 5.74) is 4.34. The Morgan fingerprint density at radius 1 is 0.912 bits per heavy atom. The summed E-state index contributed by atoms with van der Waals surface area (Å²) >= 11 is 5.48. The van der Waals surface area contributed by atoms with Crippen LogP contribution >= 0.6 is 12.2 Å². The van der Waals surface area contributed by atoms with Crippen LogP contribution in [0.4, 0.5) is 11.5 Å². The second kappa shape index (κ2) is 9.48. The molecule has 0 amide bonds. The Labute approximate surface area is 203 Å². The first-order valence-corrected chi connectivity index (χ1v) is 11.6. The van der Waals surface area contributed by atoms with Crippen LogP contribution in [-0.2, 0) is 19.6 Å². The maximum atomic E-state index is 5.48. The van der Waals surface area contributed by atoms with Crippen molar-refractivity contribution in [2.75, 3.05) is 10.6 Å². The van der Waals surface area contributed by atoms with Gasteiger partial charge in [0, 0.05) is 36.3 Å². The van der Waals surface area contributed by atoms with E-state index < -0.39 is 0 Å². The average Bonchev–Trinajstić information content (AvgIpc) is 3.56. The molecule has 3 aromatic heterocycles. The standard InChI is InChI=1S/C25H26N8S/c1-3-33-18(2)21(13-27-33)16-32-17-22(14-26-32)28-25(34)29-24-11-12-31(30-24)15-20-9-6-8-19-7-4-5-10-23(19)20/h4-14,17H,3,15-16H2,1-2H3,(H2,28,29,30,34). The number of hydrogen-bond acceptors (Lipinski definition) is 4. The molecule has 0 atom stereocenters. The Morgan fingerprint density at radius 3 is 2.59 bits per heavy atom. The molecular weight excluding hydrogens is 444 g/mol. The van der Waals surface area contributed by atoms with Gasteiger partial charge in [0.1, 0.15) is 0 Å². The molecule has 8 nitrogen and oxygen atoms in total. The predicted molar refractivity (Wildman–Crippen MR) is 139 cm³/mol. The largest absolute Gasteiger partial charge is 0.330 e. The summed E-state index contributed by atoms with van der Waals surface area (Å²) in [5, 5.41) is 22.7. The summed E-state index contributed by atoms with van der Waals surface area (Å²) in [4.78, 5) is 0. The van der Waals surface area contributed by atoms with Crippen LogP contribution in [0.25, 0.3) is 10.8 Å². The predicted octanol–water partition coefficient (Wildman–Crippen LogP) is 4.66. The highest BCUT2D eigenvalue weighted by atomic mass is 32.1. The molecule has 0 unspecified atom stereocenters. The molecule has 2 aromatic carbocycles. The van der Waals surface area contributed by atoms with E-state index in [4.69, 9.17) is 12.2 Å². The van der Waals surface area contributed by atoms with Crippen molar-refractivity contribution in [1.82, 2.24) is 29.3 Å². The van der Waals surface area contributed by atoms with Gasteiger partial charge < -0.3 is 10.6 Å². The summed E-state index contributed by atoms with van der Waals surface area (Å²) in [6, 6.07) is 16.6. The molecule has 0 radical (unpaired) electrons.